The molecule has 0 amide bonds. The van der Waals surface area contributed by atoms with E-state index in [1.165, 1.54) is 6.07 Å². The molecular weight excluding hydrogens is 267 g/mol. The number of hydrogen-bond acceptors (Lipinski definition) is 4. The molecule has 1 heterocycles. The third-order valence-corrected chi connectivity index (χ3v) is 2.32. The third kappa shape index (κ3) is 2.33. The lowest BCUT2D eigenvalue weighted by Gasteiger charge is -2.03. The average molecular weight is 273 g/mol. The van der Waals surface area contributed by atoms with Crippen LogP contribution in [-0.2, 0) is 6.18 Å². The van der Waals surface area contributed by atoms with E-state index in [4.69, 9.17) is 18.0 Å². The molecule has 2 rings (SSSR count). The van der Waals surface area contributed by atoms with E-state index in [2.05, 4.69) is 14.7 Å². The molecule has 94 valence electrons. The van der Waals surface area contributed by atoms with E-state index in [1.807, 2.05) is 0 Å². The summed E-state index contributed by atoms with van der Waals surface area (Å²) in [5, 5.41) is 3.27. The highest BCUT2D eigenvalue weighted by Crippen LogP contribution is 2.30. The van der Waals surface area contributed by atoms with Gasteiger partial charge >= 0.3 is 12.1 Å². The zero-order valence-corrected chi connectivity index (χ0v) is 9.55. The van der Waals surface area contributed by atoms with Gasteiger partial charge in [0.1, 0.15) is 4.99 Å². The zero-order valence-electron chi connectivity index (χ0n) is 8.73. The molecule has 0 aliphatic rings. The predicted molar refractivity (Wildman–Crippen MR) is 60.6 cm³/mol. The van der Waals surface area contributed by atoms with E-state index in [9.17, 15) is 13.2 Å². The SMILES string of the molecule is NC(=S)c1ccccc1-c1noc(C(F)(F)F)n1. The molecule has 0 saturated carbocycles. The first-order valence-electron chi connectivity index (χ1n) is 4.69. The van der Waals surface area contributed by atoms with Gasteiger partial charge in [-0.3, -0.25) is 0 Å². The zero-order chi connectivity index (χ0) is 13.3. The van der Waals surface area contributed by atoms with E-state index >= 15 is 0 Å². The van der Waals surface area contributed by atoms with Crippen LogP contribution in [0.2, 0.25) is 0 Å². The van der Waals surface area contributed by atoms with Crippen LogP contribution in [0.3, 0.4) is 0 Å². The molecule has 4 nitrogen and oxygen atoms in total. The number of alkyl halides is 3. The monoisotopic (exact) mass is 273 g/mol. The number of halogens is 3. The van der Waals surface area contributed by atoms with Gasteiger partial charge in [-0.2, -0.15) is 18.2 Å². The van der Waals surface area contributed by atoms with Gasteiger partial charge in [0.2, 0.25) is 5.82 Å². The average Bonchev–Trinajstić information content (AvgIpc) is 2.77. The van der Waals surface area contributed by atoms with Crippen LogP contribution in [-0.4, -0.2) is 15.1 Å². The van der Waals surface area contributed by atoms with Crippen LogP contribution in [0, 0.1) is 0 Å². The predicted octanol–water partition coefficient (Wildman–Crippen LogP) is 2.39. The van der Waals surface area contributed by atoms with Crippen LogP contribution in [0.15, 0.2) is 28.8 Å². The Morgan fingerprint density at radius 3 is 2.50 bits per heavy atom. The molecule has 0 unspecified atom stereocenters. The standard InChI is InChI=1S/C10H6F3N3OS/c11-10(12,13)9-15-8(16-17-9)6-4-2-1-3-5(6)7(14)18/h1-4H,(H2,14,18). The molecule has 18 heavy (non-hydrogen) atoms. The van der Waals surface area contributed by atoms with Gasteiger partial charge in [0, 0.05) is 11.1 Å². The van der Waals surface area contributed by atoms with Gasteiger partial charge in [-0.15, -0.1) is 0 Å². The fraction of sp³-hybridized carbons (Fsp3) is 0.100. The Morgan fingerprint density at radius 2 is 1.94 bits per heavy atom. The van der Waals surface area contributed by atoms with Crippen molar-refractivity contribution < 1.29 is 17.7 Å². The Morgan fingerprint density at radius 1 is 1.28 bits per heavy atom. The van der Waals surface area contributed by atoms with Crippen LogP contribution in [0.5, 0.6) is 0 Å². The number of hydrogen-bond donors (Lipinski definition) is 1. The van der Waals surface area contributed by atoms with Crippen molar-refractivity contribution in [3.8, 4) is 11.4 Å². The number of aromatic nitrogens is 2. The Bertz CT molecular complexity index is 594. The minimum atomic E-state index is -4.68. The minimum absolute atomic E-state index is 0.0453. The van der Waals surface area contributed by atoms with Gasteiger partial charge in [0.25, 0.3) is 0 Å². The van der Waals surface area contributed by atoms with Crippen LogP contribution in [0.4, 0.5) is 13.2 Å². The lowest BCUT2D eigenvalue weighted by molar-refractivity contribution is -0.159. The van der Waals surface area contributed by atoms with Gasteiger partial charge in [0.05, 0.1) is 0 Å². The molecule has 1 aromatic heterocycles. The normalized spacial score (nSPS) is 11.5. The number of thiocarbonyl (C=S) groups is 1. The van der Waals surface area contributed by atoms with Gasteiger partial charge in [-0.25, -0.2) is 0 Å². The fourth-order valence-corrected chi connectivity index (χ4v) is 1.52. The smallest absolute Gasteiger partial charge is 0.389 e. The maximum atomic E-state index is 12.3. The van der Waals surface area contributed by atoms with Crippen molar-refractivity contribution in [2.45, 2.75) is 6.18 Å². The molecule has 0 radical (unpaired) electrons. The third-order valence-electron chi connectivity index (χ3n) is 2.10. The second-order valence-corrected chi connectivity index (χ2v) is 3.77. The molecule has 0 atom stereocenters. The first kappa shape index (κ1) is 12.5. The van der Waals surface area contributed by atoms with Crippen molar-refractivity contribution in [1.29, 1.82) is 0 Å². The summed E-state index contributed by atoms with van der Waals surface area (Å²) in [4.78, 5) is 3.32. The summed E-state index contributed by atoms with van der Waals surface area (Å²) < 4.78 is 41.1. The van der Waals surface area contributed by atoms with Crippen LogP contribution < -0.4 is 5.73 Å². The lowest BCUT2D eigenvalue weighted by Crippen LogP contribution is -2.11. The highest BCUT2D eigenvalue weighted by Gasteiger charge is 2.38. The van der Waals surface area contributed by atoms with E-state index in [0.717, 1.165) is 0 Å². The van der Waals surface area contributed by atoms with Gasteiger partial charge < -0.3 is 10.3 Å². The lowest BCUT2D eigenvalue weighted by atomic mass is 10.1. The molecule has 0 saturated heterocycles. The molecular formula is C10H6F3N3OS. The van der Waals surface area contributed by atoms with Crippen LogP contribution in [0.25, 0.3) is 11.4 Å². The molecule has 0 fully saturated rings. The molecule has 2 aromatic rings. The topological polar surface area (TPSA) is 64.9 Å². The number of benzene rings is 1. The van der Waals surface area contributed by atoms with Crippen molar-refractivity contribution in [3.05, 3.63) is 35.7 Å². The highest BCUT2D eigenvalue weighted by molar-refractivity contribution is 7.80. The second kappa shape index (κ2) is 4.37. The molecule has 8 heteroatoms. The molecule has 0 aliphatic heterocycles. The summed E-state index contributed by atoms with van der Waals surface area (Å²) in [7, 11) is 0. The number of nitrogens with zero attached hydrogens (tertiary/aromatic N) is 2. The minimum Gasteiger partial charge on any atom is -0.389 e. The molecule has 0 bridgehead atoms. The summed E-state index contributed by atoms with van der Waals surface area (Å²) in [6, 6.07) is 6.35. The van der Waals surface area contributed by atoms with Crippen LogP contribution >= 0.6 is 12.2 Å². The summed E-state index contributed by atoms with van der Waals surface area (Å²) in [5.74, 6) is -1.61. The van der Waals surface area contributed by atoms with Gasteiger partial charge in [0.15, 0.2) is 0 Å². The Balaban J connectivity index is 2.50. The number of nitrogens with two attached hydrogens (primary N) is 1. The van der Waals surface area contributed by atoms with E-state index in [0.29, 0.717) is 11.1 Å². The Hall–Kier alpha value is -1.96. The molecule has 1 aromatic carbocycles. The fourth-order valence-electron chi connectivity index (χ4n) is 1.34. The summed E-state index contributed by atoms with van der Waals surface area (Å²) in [5.41, 5.74) is 6.15. The first-order chi connectivity index (χ1) is 8.39. The van der Waals surface area contributed by atoms with E-state index in [1.54, 1.807) is 18.2 Å². The van der Waals surface area contributed by atoms with Crippen molar-refractivity contribution in [2.75, 3.05) is 0 Å². The summed E-state index contributed by atoms with van der Waals surface area (Å²) in [6.07, 6.45) is -4.68. The summed E-state index contributed by atoms with van der Waals surface area (Å²) in [6.45, 7) is 0. The van der Waals surface area contributed by atoms with Crippen molar-refractivity contribution in [3.63, 3.8) is 0 Å². The van der Waals surface area contributed by atoms with Crippen molar-refractivity contribution >= 4 is 17.2 Å². The van der Waals surface area contributed by atoms with Crippen molar-refractivity contribution in [2.24, 2.45) is 5.73 Å². The van der Waals surface area contributed by atoms with E-state index in [-0.39, 0.29) is 10.8 Å². The van der Waals surface area contributed by atoms with Gasteiger partial charge in [-0.1, -0.05) is 41.6 Å². The second-order valence-electron chi connectivity index (χ2n) is 3.33. The molecule has 2 N–H and O–H groups in total. The highest BCUT2D eigenvalue weighted by atomic mass is 32.1. The Kier molecular flexibility index (Phi) is 3.04. The first-order valence-corrected chi connectivity index (χ1v) is 5.10. The van der Waals surface area contributed by atoms with Crippen molar-refractivity contribution in [1.82, 2.24) is 10.1 Å². The van der Waals surface area contributed by atoms with Crippen LogP contribution in [0.1, 0.15) is 11.5 Å². The maximum Gasteiger partial charge on any atom is 0.471 e. The molecule has 0 aliphatic carbocycles. The Labute approximate surface area is 105 Å². The van der Waals surface area contributed by atoms with Gasteiger partial charge in [-0.05, 0) is 0 Å². The number of rotatable bonds is 2. The quantitative estimate of drug-likeness (QED) is 0.851. The largest absolute Gasteiger partial charge is 0.471 e. The molecule has 0 spiro atoms. The maximum absolute atomic E-state index is 12.3. The van der Waals surface area contributed by atoms with E-state index < -0.39 is 12.1 Å². The summed E-state index contributed by atoms with van der Waals surface area (Å²) >= 11 is 4.80.